The molecular formula is C15H22ClN3O2. The molecule has 0 heterocycles. The fourth-order valence-electron chi connectivity index (χ4n) is 1.71. The molecule has 1 aromatic carbocycles. The Hall–Kier alpha value is -1.75. The zero-order valence-electron chi connectivity index (χ0n) is 12.5. The molecule has 0 saturated heterocycles. The lowest BCUT2D eigenvalue weighted by molar-refractivity contribution is -0.143. The molecule has 1 rings (SSSR count). The SMILES string of the molecule is CCOC(=O)CCCNC(=NC)NCc1ccccc1Cl. The van der Waals surface area contributed by atoms with Gasteiger partial charge in [0.15, 0.2) is 5.96 Å². The van der Waals surface area contributed by atoms with Gasteiger partial charge in [-0.15, -0.1) is 0 Å². The summed E-state index contributed by atoms with van der Waals surface area (Å²) >= 11 is 6.09. The molecule has 0 aromatic heterocycles. The van der Waals surface area contributed by atoms with Crippen LogP contribution < -0.4 is 10.6 Å². The summed E-state index contributed by atoms with van der Waals surface area (Å²) in [5.41, 5.74) is 1.01. The predicted molar refractivity (Wildman–Crippen MR) is 85.5 cm³/mol. The maximum Gasteiger partial charge on any atom is 0.305 e. The van der Waals surface area contributed by atoms with E-state index < -0.39 is 0 Å². The predicted octanol–water partition coefficient (Wildman–Crippen LogP) is 2.35. The third-order valence-corrected chi connectivity index (χ3v) is 3.15. The molecule has 0 saturated carbocycles. The summed E-state index contributed by atoms with van der Waals surface area (Å²) in [6.45, 7) is 3.47. The lowest BCUT2D eigenvalue weighted by Crippen LogP contribution is -2.37. The number of benzene rings is 1. The van der Waals surface area contributed by atoms with Gasteiger partial charge in [-0.05, 0) is 25.0 Å². The highest BCUT2D eigenvalue weighted by Crippen LogP contribution is 2.14. The van der Waals surface area contributed by atoms with Gasteiger partial charge in [0, 0.05) is 31.6 Å². The zero-order valence-corrected chi connectivity index (χ0v) is 13.2. The Labute approximate surface area is 130 Å². The summed E-state index contributed by atoms with van der Waals surface area (Å²) in [4.78, 5) is 15.3. The van der Waals surface area contributed by atoms with Crippen LogP contribution in [0.3, 0.4) is 0 Å². The molecular weight excluding hydrogens is 290 g/mol. The van der Waals surface area contributed by atoms with E-state index in [-0.39, 0.29) is 5.97 Å². The van der Waals surface area contributed by atoms with Crippen LogP contribution in [-0.2, 0) is 16.1 Å². The first kappa shape index (κ1) is 17.3. The van der Waals surface area contributed by atoms with Crippen molar-refractivity contribution in [3.63, 3.8) is 0 Å². The van der Waals surface area contributed by atoms with Gasteiger partial charge in [0.2, 0.25) is 0 Å². The topological polar surface area (TPSA) is 62.7 Å². The summed E-state index contributed by atoms with van der Waals surface area (Å²) in [6, 6.07) is 7.66. The summed E-state index contributed by atoms with van der Waals surface area (Å²) in [5.74, 6) is 0.511. The monoisotopic (exact) mass is 311 g/mol. The average molecular weight is 312 g/mol. The molecule has 0 atom stereocenters. The highest BCUT2D eigenvalue weighted by molar-refractivity contribution is 6.31. The number of nitrogens with zero attached hydrogens (tertiary/aromatic N) is 1. The number of guanidine groups is 1. The number of hydrogen-bond donors (Lipinski definition) is 2. The minimum Gasteiger partial charge on any atom is -0.466 e. The van der Waals surface area contributed by atoms with Gasteiger partial charge in [0.25, 0.3) is 0 Å². The second-order valence-corrected chi connectivity index (χ2v) is 4.76. The number of carbonyl (C=O) groups excluding carboxylic acids is 1. The van der Waals surface area contributed by atoms with Crippen LogP contribution in [0.5, 0.6) is 0 Å². The minimum atomic E-state index is -0.168. The van der Waals surface area contributed by atoms with Crippen LogP contribution in [0.1, 0.15) is 25.3 Å². The highest BCUT2D eigenvalue weighted by atomic mass is 35.5. The van der Waals surface area contributed by atoms with Crippen LogP contribution in [-0.4, -0.2) is 32.1 Å². The first-order valence-corrected chi connectivity index (χ1v) is 7.38. The number of aliphatic imine (C=N–C) groups is 1. The maximum atomic E-state index is 11.2. The molecule has 0 unspecified atom stereocenters. The van der Waals surface area contributed by atoms with Gasteiger partial charge in [-0.3, -0.25) is 9.79 Å². The molecule has 0 spiro atoms. The van der Waals surface area contributed by atoms with E-state index in [0.29, 0.717) is 38.5 Å². The second kappa shape index (κ2) is 10.0. The largest absolute Gasteiger partial charge is 0.466 e. The van der Waals surface area contributed by atoms with Crippen molar-refractivity contribution in [3.05, 3.63) is 34.9 Å². The lowest BCUT2D eigenvalue weighted by atomic mass is 10.2. The Morgan fingerprint density at radius 1 is 1.33 bits per heavy atom. The molecule has 0 bridgehead atoms. The van der Waals surface area contributed by atoms with E-state index in [2.05, 4.69) is 15.6 Å². The van der Waals surface area contributed by atoms with E-state index in [1.807, 2.05) is 24.3 Å². The van der Waals surface area contributed by atoms with Crippen LogP contribution in [0.4, 0.5) is 0 Å². The van der Waals surface area contributed by atoms with Gasteiger partial charge >= 0.3 is 5.97 Å². The molecule has 6 heteroatoms. The number of esters is 1. The molecule has 21 heavy (non-hydrogen) atoms. The van der Waals surface area contributed by atoms with Gasteiger partial charge in [0.05, 0.1) is 6.61 Å². The molecule has 1 aromatic rings. The number of carbonyl (C=O) groups is 1. The normalized spacial score (nSPS) is 11.1. The molecule has 0 radical (unpaired) electrons. The fourth-order valence-corrected chi connectivity index (χ4v) is 1.92. The van der Waals surface area contributed by atoms with Crippen LogP contribution in [0.15, 0.2) is 29.3 Å². The van der Waals surface area contributed by atoms with Gasteiger partial charge < -0.3 is 15.4 Å². The molecule has 0 aliphatic heterocycles. The van der Waals surface area contributed by atoms with E-state index in [1.54, 1.807) is 14.0 Å². The zero-order chi connectivity index (χ0) is 15.5. The second-order valence-electron chi connectivity index (χ2n) is 4.35. The molecule has 0 aliphatic carbocycles. The summed E-state index contributed by atoms with van der Waals surface area (Å²) in [5, 5.41) is 7.05. The van der Waals surface area contributed by atoms with E-state index in [1.165, 1.54) is 0 Å². The number of halogens is 1. The quantitative estimate of drug-likeness (QED) is 0.351. The van der Waals surface area contributed by atoms with E-state index in [4.69, 9.17) is 16.3 Å². The fraction of sp³-hybridized carbons (Fsp3) is 0.467. The van der Waals surface area contributed by atoms with Crippen molar-refractivity contribution < 1.29 is 9.53 Å². The molecule has 5 nitrogen and oxygen atoms in total. The Morgan fingerprint density at radius 2 is 2.10 bits per heavy atom. The molecule has 0 fully saturated rings. The summed E-state index contributed by atoms with van der Waals surface area (Å²) < 4.78 is 4.87. The van der Waals surface area contributed by atoms with Crippen LogP contribution in [0.2, 0.25) is 5.02 Å². The van der Waals surface area contributed by atoms with Crippen LogP contribution in [0.25, 0.3) is 0 Å². The standard InChI is InChI=1S/C15H22ClN3O2/c1-3-21-14(20)9-6-10-18-15(17-2)19-11-12-7-4-5-8-13(12)16/h4-5,7-8H,3,6,9-11H2,1-2H3,(H2,17,18,19). The van der Waals surface area contributed by atoms with Crippen LogP contribution >= 0.6 is 11.6 Å². The van der Waals surface area contributed by atoms with Crippen molar-refractivity contribution in [2.75, 3.05) is 20.2 Å². The molecule has 0 amide bonds. The number of nitrogens with one attached hydrogen (secondary N) is 2. The highest BCUT2D eigenvalue weighted by Gasteiger charge is 2.03. The van der Waals surface area contributed by atoms with Gasteiger partial charge in [-0.1, -0.05) is 29.8 Å². The first-order valence-electron chi connectivity index (χ1n) is 7.01. The number of hydrogen-bond acceptors (Lipinski definition) is 3. The molecule has 2 N–H and O–H groups in total. The van der Waals surface area contributed by atoms with Crippen molar-refractivity contribution in [1.82, 2.24) is 10.6 Å². The maximum absolute atomic E-state index is 11.2. The summed E-state index contributed by atoms with van der Waals surface area (Å²) in [7, 11) is 1.70. The van der Waals surface area contributed by atoms with Crippen molar-refractivity contribution in [3.8, 4) is 0 Å². The van der Waals surface area contributed by atoms with Gasteiger partial charge in [-0.25, -0.2) is 0 Å². The van der Waals surface area contributed by atoms with E-state index in [9.17, 15) is 4.79 Å². The Bertz CT molecular complexity index is 478. The Morgan fingerprint density at radius 3 is 2.76 bits per heavy atom. The van der Waals surface area contributed by atoms with Crippen molar-refractivity contribution in [1.29, 1.82) is 0 Å². The van der Waals surface area contributed by atoms with Gasteiger partial charge in [-0.2, -0.15) is 0 Å². The minimum absolute atomic E-state index is 0.168. The summed E-state index contributed by atoms with van der Waals surface area (Å²) in [6.07, 6.45) is 1.11. The van der Waals surface area contributed by atoms with Crippen molar-refractivity contribution in [2.24, 2.45) is 4.99 Å². The third kappa shape index (κ3) is 6.99. The van der Waals surface area contributed by atoms with Crippen molar-refractivity contribution >= 4 is 23.5 Å². The number of rotatable bonds is 7. The van der Waals surface area contributed by atoms with E-state index >= 15 is 0 Å². The Kier molecular flexibility index (Phi) is 8.28. The number of ether oxygens (including phenoxy) is 1. The van der Waals surface area contributed by atoms with Crippen LogP contribution in [0, 0.1) is 0 Å². The third-order valence-electron chi connectivity index (χ3n) is 2.78. The average Bonchev–Trinajstić information content (AvgIpc) is 2.48. The molecule has 0 aliphatic rings. The smallest absolute Gasteiger partial charge is 0.305 e. The lowest BCUT2D eigenvalue weighted by Gasteiger charge is -2.12. The van der Waals surface area contributed by atoms with Gasteiger partial charge in [0.1, 0.15) is 0 Å². The Balaban J connectivity index is 2.27. The molecule has 116 valence electrons. The first-order chi connectivity index (χ1) is 10.2. The van der Waals surface area contributed by atoms with E-state index in [0.717, 1.165) is 10.6 Å². The van der Waals surface area contributed by atoms with Crippen molar-refractivity contribution in [2.45, 2.75) is 26.3 Å².